The third-order valence-corrected chi connectivity index (χ3v) is 1.72. The Labute approximate surface area is 53.8 Å². The monoisotopic (exact) mass is 133 g/mol. The average molecular weight is 133 g/mol. The van der Waals surface area contributed by atoms with Crippen molar-refractivity contribution >= 4 is 18.0 Å². The van der Waals surface area contributed by atoms with Crippen molar-refractivity contribution in [3.05, 3.63) is 0 Å². The molecule has 0 fully saturated rings. The fraction of sp³-hybridized carbons (Fsp3) is 0.800. The Hall–Kier alpha value is -0.0200. The summed E-state index contributed by atoms with van der Waals surface area (Å²) in [5.41, 5.74) is 5.27. The van der Waals surface area contributed by atoms with E-state index in [1.165, 1.54) is 0 Å². The van der Waals surface area contributed by atoms with Crippen molar-refractivity contribution in [1.29, 1.82) is 0 Å². The van der Waals surface area contributed by atoms with Gasteiger partial charge in [-0.25, -0.2) is 0 Å². The molecular weight excluding hydrogens is 122 g/mol. The van der Waals surface area contributed by atoms with Crippen molar-refractivity contribution in [2.75, 3.05) is 11.5 Å². The molecule has 0 amide bonds. The Morgan fingerprint density at radius 1 is 1.88 bits per heavy atom. The highest BCUT2D eigenvalue weighted by atomic mass is 32.2. The van der Waals surface area contributed by atoms with Crippen LogP contribution in [0.25, 0.3) is 0 Å². The van der Waals surface area contributed by atoms with Crippen LogP contribution >= 0.6 is 11.8 Å². The van der Waals surface area contributed by atoms with Crippen molar-refractivity contribution in [3.8, 4) is 0 Å². The molecule has 0 bridgehead atoms. The molecule has 0 saturated heterocycles. The maximum absolute atomic E-state index is 9.87. The molecule has 0 aliphatic carbocycles. The lowest BCUT2D eigenvalue weighted by atomic mass is 10.4. The molecule has 0 aliphatic rings. The van der Waals surface area contributed by atoms with E-state index in [9.17, 15) is 4.79 Å². The van der Waals surface area contributed by atoms with Gasteiger partial charge in [-0.2, -0.15) is 11.8 Å². The van der Waals surface area contributed by atoms with E-state index in [0.717, 1.165) is 17.8 Å². The van der Waals surface area contributed by atoms with Gasteiger partial charge in [0.25, 0.3) is 0 Å². The van der Waals surface area contributed by atoms with Crippen molar-refractivity contribution in [3.63, 3.8) is 0 Å². The molecule has 0 aromatic rings. The van der Waals surface area contributed by atoms with Gasteiger partial charge in [0.2, 0.25) is 0 Å². The molecule has 48 valence electrons. The maximum Gasteiger partial charge on any atom is 0.137 e. The molecule has 0 aliphatic heterocycles. The summed E-state index contributed by atoms with van der Waals surface area (Å²) in [4.78, 5) is 9.87. The summed E-state index contributed by atoms with van der Waals surface area (Å²) in [6, 6.07) is -0.264. The van der Waals surface area contributed by atoms with Crippen LogP contribution in [0.3, 0.4) is 0 Å². The topological polar surface area (TPSA) is 43.1 Å². The summed E-state index contributed by atoms with van der Waals surface area (Å²) in [5, 5.41) is 0. The first kappa shape index (κ1) is 7.98. The van der Waals surface area contributed by atoms with Crippen LogP contribution in [0.1, 0.15) is 6.92 Å². The number of thioether (sulfide) groups is 1. The minimum Gasteiger partial charge on any atom is -0.321 e. The number of rotatable bonds is 4. The van der Waals surface area contributed by atoms with E-state index in [0.29, 0.717) is 0 Å². The van der Waals surface area contributed by atoms with Gasteiger partial charge in [0, 0.05) is 5.75 Å². The fourth-order valence-corrected chi connectivity index (χ4v) is 0.880. The molecule has 1 atom stereocenters. The minimum atomic E-state index is -0.264. The normalized spacial score (nSPS) is 13.2. The Bertz CT molecular complexity index is 67.4. The number of aldehydes is 1. The SMILES string of the molecule is CCSC[C@@H](N)C=O. The quantitative estimate of drug-likeness (QED) is 0.560. The van der Waals surface area contributed by atoms with Crippen LogP contribution < -0.4 is 5.73 Å². The molecule has 0 radical (unpaired) electrons. The fourth-order valence-electron chi connectivity index (χ4n) is 0.293. The second kappa shape index (κ2) is 5.12. The summed E-state index contributed by atoms with van der Waals surface area (Å²) in [7, 11) is 0. The van der Waals surface area contributed by atoms with E-state index in [4.69, 9.17) is 5.73 Å². The second-order valence-corrected chi connectivity index (χ2v) is 2.78. The zero-order valence-corrected chi connectivity index (χ0v) is 5.78. The van der Waals surface area contributed by atoms with Gasteiger partial charge in [-0.3, -0.25) is 0 Å². The molecule has 3 heteroatoms. The molecule has 0 unspecified atom stereocenters. The maximum atomic E-state index is 9.87. The first-order valence-corrected chi connectivity index (χ1v) is 3.75. The predicted molar refractivity (Wildman–Crippen MR) is 37.0 cm³/mol. The standard InChI is InChI=1S/C5H11NOS/c1-2-8-4-5(6)3-7/h3,5H,2,4,6H2,1H3/t5-/m0/s1. The van der Waals surface area contributed by atoms with Gasteiger partial charge < -0.3 is 10.5 Å². The van der Waals surface area contributed by atoms with Gasteiger partial charge in [-0.05, 0) is 5.75 Å². The highest BCUT2D eigenvalue weighted by molar-refractivity contribution is 7.99. The molecular formula is C5H11NOS. The third kappa shape index (κ3) is 4.15. The van der Waals surface area contributed by atoms with Crippen LogP contribution in [-0.2, 0) is 4.79 Å². The molecule has 2 nitrogen and oxygen atoms in total. The Morgan fingerprint density at radius 3 is 2.88 bits per heavy atom. The lowest BCUT2D eigenvalue weighted by Crippen LogP contribution is -2.24. The highest BCUT2D eigenvalue weighted by Gasteiger charge is 1.95. The average Bonchev–Trinajstić information content (AvgIpc) is 1.83. The van der Waals surface area contributed by atoms with Crippen LogP contribution in [0.4, 0.5) is 0 Å². The van der Waals surface area contributed by atoms with E-state index in [2.05, 4.69) is 0 Å². The van der Waals surface area contributed by atoms with Gasteiger partial charge >= 0.3 is 0 Å². The number of hydrogen-bond donors (Lipinski definition) is 1. The van der Waals surface area contributed by atoms with Crippen LogP contribution in [-0.4, -0.2) is 23.8 Å². The summed E-state index contributed by atoms with van der Waals surface area (Å²) >= 11 is 1.68. The Kier molecular flexibility index (Phi) is 5.11. The summed E-state index contributed by atoms with van der Waals surface area (Å²) in [5.74, 6) is 1.78. The molecule has 0 spiro atoms. The van der Waals surface area contributed by atoms with E-state index in [1.54, 1.807) is 11.8 Å². The van der Waals surface area contributed by atoms with Crippen molar-refractivity contribution in [2.24, 2.45) is 5.73 Å². The van der Waals surface area contributed by atoms with Crippen molar-refractivity contribution in [2.45, 2.75) is 13.0 Å². The molecule has 0 rings (SSSR count). The lowest BCUT2D eigenvalue weighted by Gasteiger charge is -1.98. The van der Waals surface area contributed by atoms with Crippen molar-refractivity contribution in [1.82, 2.24) is 0 Å². The number of nitrogens with two attached hydrogens (primary N) is 1. The molecule has 2 N–H and O–H groups in total. The lowest BCUT2D eigenvalue weighted by molar-refractivity contribution is -0.108. The van der Waals surface area contributed by atoms with Gasteiger partial charge in [0.1, 0.15) is 6.29 Å². The zero-order chi connectivity index (χ0) is 6.41. The Morgan fingerprint density at radius 2 is 2.50 bits per heavy atom. The van der Waals surface area contributed by atoms with Crippen LogP contribution in [0.2, 0.25) is 0 Å². The molecule has 0 aromatic carbocycles. The van der Waals surface area contributed by atoms with E-state index in [-0.39, 0.29) is 6.04 Å². The second-order valence-electron chi connectivity index (χ2n) is 1.46. The van der Waals surface area contributed by atoms with Gasteiger partial charge in [0.05, 0.1) is 6.04 Å². The predicted octanol–water partition coefficient (Wildman–Crippen LogP) is 0.266. The first-order valence-electron chi connectivity index (χ1n) is 2.60. The zero-order valence-electron chi connectivity index (χ0n) is 4.96. The van der Waals surface area contributed by atoms with Crippen LogP contribution in [0.5, 0.6) is 0 Å². The number of hydrogen-bond acceptors (Lipinski definition) is 3. The molecule has 0 heterocycles. The largest absolute Gasteiger partial charge is 0.321 e. The van der Waals surface area contributed by atoms with Crippen LogP contribution in [0.15, 0.2) is 0 Å². The summed E-state index contributed by atoms with van der Waals surface area (Å²) < 4.78 is 0. The number of carbonyl (C=O) groups is 1. The number of carbonyl (C=O) groups excluding carboxylic acids is 1. The van der Waals surface area contributed by atoms with E-state index < -0.39 is 0 Å². The third-order valence-electron chi connectivity index (χ3n) is 0.689. The molecule has 0 saturated carbocycles. The summed E-state index contributed by atoms with van der Waals surface area (Å²) in [6.45, 7) is 2.04. The van der Waals surface area contributed by atoms with E-state index >= 15 is 0 Å². The smallest absolute Gasteiger partial charge is 0.137 e. The molecule has 8 heavy (non-hydrogen) atoms. The van der Waals surface area contributed by atoms with Gasteiger partial charge in [-0.1, -0.05) is 6.92 Å². The molecule has 0 aromatic heterocycles. The van der Waals surface area contributed by atoms with Gasteiger partial charge in [0.15, 0.2) is 0 Å². The first-order chi connectivity index (χ1) is 3.81. The van der Waals surface area contributed by atoms with E-state index in [1.807, 2.05) is 6.92 Å². The van der Waals surface area contributed by atoms with Gasteiger partial charge in [-0.15, -0.1) is 0 Å². The minimum absolute atomic E-state index is 0.264. The van der Waals surface area contributed by atoms with Crippen molar-refractivity contribution < 1.29 is 4.79 Å². The summed E-state index contributed by atoms with van der Waals surface area (Å²) in [6.07, 6.45) is 0.780. The Balaban J connectivity index is 2.98. The highest BCUT2D eigenvalue weighted by Crippen LogP contribution is 1.97. The van der Waals surface area contributed by atoms with Crippen LogP contribution in [0, 0.1) is 0 Å².